The van der Waals surface area contributed by atoms with Gasteiger partial charge in [0.05, 0.1) is 12.6 Å². The van der Waals surface area contributed by atoms with Gasteiger partial charge >= 0.3 is 0 Å². The van der Waals surface area contributed by atoms with Gasteiger partial charge in [-0.05, 0) is 24.6 Å². The minimum absolute atomic E-state index is 0.143. The fourth-order valence-corrected chi connectivity index (χ4v) is 2.66. The van der Waals surface area contributed by atoms with Crippen LogP contribution in [0.15, 0.2) is 22.7 Å². The Morgan fingerprint density at radius 2 is 2.44 bits per heavy atom. The second-order valence-electron chi connectivity index (χ2n) is 4.55. The molecular weight excluding hydrogens is 290 g/mol. The van der Waals surface area contributed by atoms with Crippen LogP contribution in [0.5, 0.6) is 5.75 Å². The molecule has 0 radical (unpaired) electrons. The van der Waals surface area contributed by atoms with Gasteiger partial charge in [0, 0.05) is 22.5 Å². The maximum absolute atomic E-state index is 5.67. The molecule has 2 unspecified atom stereocenters. The minimum Gasteiger partial charge on any atom is -0.493 e. The van der Waals surface area contributed by atoms with Gasteiger partial charge in [0.25, 0.3) is 0 Å². The quantitative estimate of drug-likeness (QED) is 0.857. The molecule has 1 heterocycles. The summed E-state index contributed by atoms with van der Waals surface area (Å²) in [4.78, 5) is 0. The number of hydrogen-bond acceptors (Lipinski definition) is 2. The third kappa shape index (κ3) is 3.07. The maximum Gasteiger partial charge on any atom is 0.124 e. The van der Waals surface area contributed by atoms with Crippen LogP contribution in [0.3, 0.4) is 0 Å². The summed E-state index contributed by atoms with van der Waals surface area (Å²) in [5.41, 5.74) is 1.20. The van der Waals surface area contributed by atoms with Gasteiger partial charge in [-0.2, -0.15) is 0 Å². The molecule has 2 atom stereocenters. The molecule has 0 aromatic heterocycles. The number of benzene rings is 1. The summed E-state index contributed by atoms with van der Waals surface area (Å²) in [6, 6.07) is 6.57. The molecule has 0 aliphatic carbocycles. The van der Waals surface area contributed by atoms with Crippen LogP contribution in [-0.2, 0) is 0 Å². The van der Waals surface area contributed by atoms with Crippen LogP contribution in [0.2, 0.25) is 0 Å². The Balaban J connectivity index is 2.17. The smallest absolute Gasteiger partial charge is 0.124 e. The summed E-state index contributed by atoms with van der Waals surface area (Å²) in [5.74, 6) is 3.80. The van der Waals surface area contributed by atoms with E-state index >= 15 is 0 Å². The highest BCUT2D eigenvalue weighted by Crippen LogP contribution is 2.34. The van der Waals surface area contributed by atoms with E-state index in [1.807, 2.05) is 12.1 Å². The fraction of sp³-hybridized carbons (Fsp3) is 0.467. The van der Waals surface area contributed by atoms with Crippen molar-refractivity contribution >= 4 is 15.9 Å². The average Bonchev–Trinajstić information content (AvgIpc) is 2.38. The van der Waals surface area contributed by atoms with Crippen LogP contribution >= 0.6 is 15.9 Å². The van der Waals surface area contributed by atoms with E-state index < -0.39 is 0 Å². The number of rotatable bonds is 4. The summed E-state index contributed by atoms with van der Waals surface area (Å²) in [7, 11) is 0. The van der Waals surface area contributed by atoms with Crippen LogP contribution in [0.25, 0.3) is 0 Å². The lowest BCUT2D eigenvalue weighted by molar-refractivity contribution is 0.248. The second-order valence-corrected chi connectivity index (χ2v) is 5.46. The van der Waals surface area contributed by atoms with Crippen molar-refractivity contribution in [1.82, 2.24) is 5.32 Å². The van der Waals surface area contributed by atoms with E-state index in [9.17, 15) is 0 Å². The Morgan fingerprint density at radius 3 is 3.17 bits per heavy atom. The molecule has 0 saturated carbocycles. The Hall–Kier alpha value is -0.980. The largest absolute Gasteiger partial charge is 0.493 e. The molecule has 2 rings (SSSR count). The summed E-state index contributed by atoms with van der Waals surface area (Å²) in [6.45, 7) is 2.90. The zero-order valence-electron chi connectivity index (χ0n) is 10.6. The lowest BCUT2D eigenvalue weighted by Crippen LogP contribution is -2.34. The zero-order valence-corrected chi connectivity index (χ0v) is 12.2. The summed E-state index contributed by atoms with van der Waals surface area (Å²) >= 11 is 3.51. The summed E-state index contributed by atoms with van der Waals surface area (Å²) < 4.78 is 6.75. The van der Waals surface area contributed by atoms with Crippen LogP contribution in [0.1, 0.15) is 37.8 Å². The Morgan fingerprint density at radius 1 is 1.61 bits per heavy atom. The highest BCUT2D eigenvalue weighted by atomic mass is 79.9. The van der Waals surface area contributed by atoms with Crippen LogP contribution in [0, 0.1) is 12.3 Å². The van der Waals surface area contributed by atoms with Crippen molar-refractivity contribution in [2.75, 3.05) is 6.61 Å². The average molecular weight is 308 g/mol. The van der Waals surface area contributed by atoms with Gasteiger partial charge in [0.1, 0.15) is 5.75 Å². The van der Waals surface area contributed by atoms with Gasteiger partial charge in [-0.1, -0.05) is 35.2 Å². The molecule has 1 N–H and O–H groups in total. The number of ether oxygens (including phenoxy) is 1. The van der Waals surface area contributed by atoms with Crippen LogP contribution < -0.4 is 10.1 Å². The highest BCUT2D eigenvalue weighted by Gasteiger charge is 2.23. The van der Waals surface area contributed by atoms with E-state index in [0.717, 1.165) is 36.1 Å². The van der Waals surface area contributed by atoms with Crippen molar-refractivity contribution in [1.29, 1.82) is 0 Å². The first-order valence-electron chi connectivity index (χ1n) is 6.39. The maximum atomic E-state index is 5.67. The van der Waals surface area contributed by atoms with E-state index in [0.29, 0.717) is 6.04 Å². The topological polar surface area (TPSA) is 21.3 Å². The van der Waals surface area contributed by atoms with Crippen molar-refractivity contribution in [3.8, 4) is 18.1 Å². The third-order valence-electron chi connectivity index (χ3n) is 3.19. The lowest BCUT2D eigenvalue weighted by Gasteiger charge is -2.29. The Labute approximate surface area is 117 Å². The molecule has 1 aromatic rings. The molecule has 1 aromatic carbocycles. The minimum atomic E-state index is 0.143. The predicted octanol–water partition coefficient (Wildman–Crippen LogP) is 3.66. The number of nitrogens with one attached hydrogen (secondary N) is 1. The molecule has 1 aliphatic rings. The van der Waals surface area contributed by atoms with E-state index in [-0.39, 0.29) is 6.04 Å². The normalized spacial score (nSPS) is 19.5. The van der Waals surface area contributed by atoms with Gasteiger partial charge in [0.2, 0.25) is 0 Å². The van der Waals surface area contributed by atoms with Crippen LogP contribution in [0.4, 0.5) is 0 Å². The van der Waals surface area contributed by atoms with E-state index in [2.05, 4.69) is 40.2 Å². The highest BCUT2D eigenvalue weighted by molar-refractivity contribution is 9.10. The first-order valence-corrected chi connectivity index (χ1v) is 7.18. The second kappa shape index (κ2) is 6.26. The molecule has 0 amide bonds. The van der Waals surface area contributed by atoms with Crippen molar-refractivity contribution in [2.45, 2.75) is 38.3 Å². The summed E-state index contributed by atoms with van der Waals surface area (Å²) in [6.07, 6.45) is 8.64. The third-order valence-corrected chi connectivity index (χ3v) is 3.69. The molecule has 0 spiro atoms. The molecule has 2 nitrogen and oxygen atoms in total. The molecule has 3 heteroatoms. The monoisotopic (exact) mass is 307 g/mol. The van der Waals surface area contributed by atoms with Gasteiger partial charge in [-0.15, -0.1) is 6.42 Å². The van der Waals surface area contributed by atoms with E-state index in [1.54, 1.807) is 0 Å². The molecule has 96 valence electrons. The molecule has 1 aliphatic heterocycles. The van der Waals surface area contributed by atoms with Crippen molar-refractivity contribution in [3.05, 3.63) is 28.2 Å². The first kappa shape index (κ1) is 13.5. The van der Waals surface area contributed by atoms with Crippen molar-refractivity contribution in [3.63, 3.8) is 0 Å². The molecule has 0 fully saturated rings. The molecule has 18 heavy (non-hydrogen) atoms. The van der Waals surface area contributed by atoms with E-state index in [1.165, 1.54) is 5.56 Å². The van der Waals surface area contributed by atoms with Crippen molar-refractivity contribution < 1.29 is 4.74 Å². The van der Waals surface area contributed by atoms with E-state index in [4.69, 9.17) is 11.2 Å². The molecular formula is C15H18BrNO. The van der Waals surface area contributed by atoms with Crippen LogP contribution in [-0.4, -0.2) is 12.6 Å². The lowest BCUT2D eigenvalue weighted by atomic mass is 9.99. The number of fused-ring (bicyclic) bond motifs is 1. The Bertz CT molecular complexity index is 452. The molecule has 0 bridgehead atoms. The first-order chi connectivity index (χ1) is 8.74. The predicted molar refractivity (Wildman–Crippen MR) is 77.7 cm³/mol. The number of halogens is 1. The summed E-state index contributed by atoms with van der Waals surface area (Å²) in [5, 5.41) is 3.55. The van der Waals surface area contributed by atoms with Gasteiger partial charge < -0.3 is 4.74 Å². The van der Waals surface area contributed by atoms with Gasteiger partial charge in [0.15, 0.2) is 0 Å². The van der Waals surface area contributed by atoms with Gasteiger partial charge in [-0.25, -0.2) is 0 Å². The SMILES string of the molecule is C#CC(CCC)NC1CCOc2ccc(Br)cc21. The Kier molecular flexibility index (Phi) is 4.68. The van der Waals surface area contributed by atoms with Gasteiger partial charge in [-0.3, -0.25) is 5.32 Å². The van der Waals surface area contributed by atoms with Crippen molar-refractivity contribution in [2.24, 2.45) is 0 Å². The molecule has 0 saturated heterocycles. The standard InChI is InChI=1S/C15H18BrNO/c1-3-5-12(4-2)17-14-8-9-18-15-7-6-11(16)10-13(14)15/h2,6-7,10,12,14,17H,3,5,8-9H2,1H3. The fourth-order valence-electron chi connectivity index (χ4n) is 2.28. The number of hydrogen-bond donors (Lipinski definition) is 1. The number of terminal acetylenes is 1. The zero-order chi connectivity index (χ0) is 13.0.